The summed E-state index contributed by atoms with van der Waals surface area (Å²) in [6.07, 6.45) is 2.12. The molecule has 0 spiro atoms. The molecule has 1 aromatic heterocycles. The number of hydrogen-bond donors (Lipinski definition) is 1. The molecule has 6 nitrogen and oxygen atoms in total. The fourth-order valence-corrected chi connectivity index (χ4v) is 3.78. The minimum absolute atomic E-state index is 0.144. The van der Waals surface area contributed by atoms with E-state index in [0.717, 1.165) is 17.2 Å². The number of amides is 1. The zero-order chi connectivity index (χ0) is 16.9. The second kappa shape index (κ2) is 7.79. The van der Waals surface area contributed by atoms with Gasteiger partial charge >= 0.3 is 5.97 Å². The van der Waals surface area contributed by atoms with E-state index < -0.39 is 5.54 Å². The first-order valence-corrected chi connectivity index (χ1v) is 9.28. The molecule has 1 fully saturated rings. The molecular weight excluding hydrogens is 334 g/mol. The number of carbonyl (C=O) groups is 2. The molecule has 2 rings (SSSR count). The summed E-state index contributed by atoms with van der Waals surface area (Å²) in [6, 6.07) is 2.20. The van der Waals surface area contributed by atoms with Crippen molar-refractivity contribution in [2.75, 3.05) is 12.4 Å². The molecule has 0 bridgehead atoms. The molecular formula is C15H19N3O3S2. The van der Waals surface area contributed by atoms with Crippen molar-refractivity contribution in [2.45, 2.75) is 43.0 Å². The lowest BCUT2D eigenvalue weighted by Crippen LogP contribution is -2.47. The highest BCUT2D eigenvalue weighted by atomic mass is 32.2. The minimum Gasteiger partial charge on any atom is -0.466 e. The summed E-state index contributed by atoms with van der Waals surface area (Å²) in [4.78, 5) is 27.7. The van der Waals surface area contributed by atoms with E-state index in [2.05, 4.69) is 16.4 Å². The van der Waals surface area contributed by atoms with Gasteiger partial charge in [-0.15, -0.1) is 11.3 Å². The van der Waals surface area contributed by atoms with E-state index in [4.69, 9.17) is 4.74 Å². The van der Waals surface area contributed by atoms with Gasteiger partial charge in [-0.2, -0.15) is 5.26 Å². The second-order valence-corrected chi connectivity index (χ2v) is 7.59. The maximum Gasteiger partial charge on any atom is 0.311 e. The van der Waals surface area contributed by atoms with Crippen molar-refractivity contribution in [3.05, 3.63) is 11.1 Å². The van der Waals surface area contributed by atoms with E-state index in [1.54, 1.807) is 19.2 Å². The average Bonchev–Trinajstić information content (AvgIpc) is 3.28. The summed E-state index contributed by atoms with van der Waals surface area (Å²) in [5, 5.41) is 13.8. The largest absolute Gasteiger partial charge is 0.466 e. The van der Waals surface area contributed by atoms with Gasteiger partial charge in [0.2, 0.25) is 5.91 Å². The molecule has 0 aliphatic heterocycles. The maximum absolute atomic E-state index is 12.0. The van der Waals surface area contributed by atoms with Gasteiger partial charge in [0.1, 0.15) is 5.54 Å². The number of nitriles is 1. The number of hydrogen-bond acceptors (Lipinski definition) is 7. The molecule has 124 valence electrons. The van der Waals surface area contributed by atoms with Gasteiger partial charge in [-0.1, -0.05) is 11.8 Å². The lowest BCUT2D eigenvalue weighted by Gasteiger charge is -2.22. The predicted octanol–water partition coefficient (Wildman–Crippen LogP) is 2.15. The van der Waals surface area contributed by atoms with Crippen LogP contribution in [0, 0.1) is 17.2 Å². The van der Waals surface area contributed by atoms with Crippen molar-refractivity contribution in [3.63, 3.8) is 0 Å². The highest BCUT2D eigenvalue weighted by Gasteiger charge is 2.42. The minimum atomic E-state index is -0.768. The van der Waals surface area contributed by atoms with Gasteiger partial charge in [0.25, 0.3) is 0 Å². The fraction of sp³-hybridized carbons (Fsp3) is 0.600. The second-order valence-electron chi connectivity index (χ2n) is 5.51. The highest BCUT2D eigenvalue weighted by Crippen LogP contribution is 2.39. The molecule has 1 amide bonds. The molecule has 0 aromatic carbocycles. The summed E-state index contributed by atoms with van der Waals surface area (Å²) in [7, 11) is 0. The van der Waals surface area contributed by atoms with Crippen molar-refractivity contribution in [2.24, 2.45) is 5.92 Å². The number of nitrogens with one attached hydrogen (secondary N) is 1. The standard InChI is InChI=1S/C15H19N3O3S2/c1-3-21-13(20)6-11-7-22-14(17-11)23-8-12(19)18-15(2,9-16)10-4-5-10/h7,10H,3-6,8H2,1-2H3,(H,18,19)/t15-/m0/s1. The van der Waals surface area contributed by atoms with E-state index >= 15 is 0 Å². The molecule has 1 atom stereocenters. The Balaban J connectivity index is 1.79. The van der Waals surface area contributed by atoms with Crippen LogP contribution in [0.1, 0.15) is 32.4 Å². The van der Waals surface area contributed by atoms with Gasteiger partial charge in [0.05, 0.1) is 30.5 Å². The number of thioether (sulfide) groups is 1. The lowest BCUT2D eigenvalue weighted by atomic mass is 9.98. The van der Waals surface area contributed by atoms with Crippen LogP contribution in [0.2, 0.25) is 0 Å². The van der Waals surface area contributed by atoms with Crippen molar-refractivity contribution < 1.29 is 14.3 Å². The SMILES string of the molecule is CCOC(=O)Cc1csc(SCC(=O)N[C@@](C)(C#N)C2CC2)n1. The van der Waals surface area contributed by atoms with Gasteiger partial charge in [-0.05, 0) is 32.6 Å². The summed E-state index contributed by atoms with van der Waals surface area (Å²) < 4.78 is 5.60. The molecule has 8 heteroatoms. The van der Waals surface area contributed by atoms with Gasteiger partial charge in [-0.3, -0.25) is 9.59 Å². The molecule has 23 heavy (non-hydrogen) atoms. The third-order valence-corrected chi connectivity index (χ3v) is 5.58. The molecule has 1 aliphatic carbocycles. The predicted molar refractivity (Wildman–Crippen MR) is 88.1 cm³/mol. The van der Waals surface area contributed by atoms with Crippen LogP contribution in [0.3, 0.4) is 0 Å². The zero-order valence-corrected chi connectivity index (χ0v) is 14.8. The molecule has 0 unspecified atom stereocenters. The van der Waals surface area contributed by atoms with Crippen molar-refractivity contribution >= 4 is 35.0 Å². The summed E-state index contributed by atoms with van der Waals surface area (Å²) >= 11 is 2.70. The van der Waals surface area contributed by atoms with Crippen LogP contribution in [0.4, 0.5) is 0 Å². The van der Waals surface area contributed by atoms with E-state index in [1.807, 2.05) is 0 Å². The Morgan fingerprint density at radius 3 is 2.96 bits per heavy atom. The monoisotopic (exact) mass is 353 g/mol. The first-order valence-electron chi connectivity index (χ1n) is 7.42. The quantitative estimate of drug-likeness (QED) is 0.569. The third kappa shape index (κ3) is 5.22. The van der Waals surface area contributed by atoms with Crippen LogP contribution in [0.5, 0.6) is 0 Å². The summed E-state index contributed by atoms with van der Waals surface area (Å²) in [5.41, 5.74) is -0.119. The number of thiazole rings is 1. The van der Waals surface area contributed by atoms with E-state index in [9.17, 15) is 14.9 Å². The van der Waals surface area contributed by atoms with E-state index in [0.29, 0.717) is 12.3 Å². The Bertz CT molecular complexity index is 622. The Hall–Kier alpha value is -1.59. The number of esters is 1. The summed E-state index contributed by atoms with van der Waals surface area (Å²) in [6.45, 7) is 3.88. The van der Waals surface area contributed by atoms with Gasteiger partial charge in [0.15, 0.2) is 4.34 Å². The first-order chi connectivity index (χ1) is 11.0. The zero-order valence-electron chi connectivity index (χ0n) is 13.1. The van der Waals surface area contributed by atoms with E-state index in [-0.39, 0.29) is 30.0 Å². The number of aromatic nitrogens is 1. The van der Waals surface area contributed by atoms with Gasteiger partial charge < -0.3 is 10.1 Å². The maximum atomic E-state index is 12.0. The third-order valence-electron chi connectivity index (χ3n) is 3.51. The van der Waals surface area contributed by atoms with Crippen LogP contribution < -0.4 is 5.32 Å². The molecule has 1 N–H and O–H groups in total. The molecule has 0 radical (unpaired) electrons. The Morgan fingerprint density at radius 2 is 2.35 bits per heavy atom. The molecule has 1 aliphatic rings. The number of nitrogens with zero attached hydrogens (tertiary/aromatic N) is 2. The smallest absolute Gasteiger partial charge is 0.311 e. The van der Waals surface area contributed by atoms with Crippen LogP contribution in [-0.2, 0) is 20.7 Å². The lowest BCUT2D eigenvalue weighted by molar-refractivity contribution is -0.142. The number of rotatable bonds is 8. The van der Waals surface area contributed by atoms with Crippen LogP contribution in [0.25, 0.3) is 0 Å². The molecule has 1 aromatic rings. The topological polar surface area (TPSA) is 92.1 Å². The number of carbonyl (C=O) groups excluding carboxylic acids is 2. The van der Waals surface area contributed by atoms with Crippen molar-refractivity contribution in [1.82, 2.24) is 10.3 Å². The van der Waals surface area contributed by atoms with Gasteiger partial charge in [0, 0.05) is 5.38 Å². The Kier molecular flexibility index (Phi) is 6.02. The normalized spacial score (nSPS) is 16.2. The Labute approximate surface area is 143 Å². The molecule has 1 heterocycles. The Morgan fingerprint density at radius 1 is 1.61 bits per heavy atom. The van der Waals surface area contributed by atoms with Crippen molar-refractivity contribution in [3.8, 4) is 6.07 Å². The molecule has 0 saturated heterocycles. The fourth-order valence-electron chi connectivity index (χ4n) is 2.13. The highest BCUT2D eigenvalue weighted by molar-refractivity contribution is 8.01. The van der Waals surface area contributed by atoms with E-state index in [1.165, 1.54) is 23.1 Å². The average molecular weight is 353 g/mol. The van der Waals surface area contributed by atoms with Crippen molar-refractivity contribution in [1.29, 1.82) is 5.26 Å². The van der Waals surface area contributed by atoms with Gasteiger partial charge in [-0.25, -0.2) is 4.98 Å². The van der Waals surface area contributed by atoms with Crippen LogP contribution in [0.15, 0.2) is 9.72 Å². The van der Waals surface area contributed by atoms with Crippen LogP contribution in [-0.4, -0.2) is 34.8 Å². The first kappa shape index (κ1) is 17.8. The molecule has 1 saturated carbocycles. The van der Waals surface area contributed by atoms with Crippen LogP contribution >= 0.6 is 23.1 Å². The summed E-state index contributed by atoms with van der Waals surface area (Å²) in [5.74, 6) is -0.0111. The number of ether oxygens (including phenoxy) is 1.